The molecule has 0 saturated carbocycles. The molecule has 0 heterocycles. The van der Waals surface area contributed by atoms with E-state index in [0.717, 1.165) is 28.6 Å². The molecule has 0 aliphatic rings. The van der Waals surface area contributed by atoms with Gasteiger partial charge in [0.2, 0.25) is 0 Å². The zero-order chi connectivity index (χ0) is 15.9. The lowest BCUT2D eigenvalue weighted by atomic mass is 10.2. The molecule has 0 aromatic heterocycles. The Bertz CT molecular complexity index is 719. The van der Waals surface area contributed by atoms with Crippen LogP contribution in [0, 0.1) is 0 Å². The van der Waals surface area contributed by atoms with Crippen LogP contribution in [0.15, 0.2) is 78.9 Å². The van der Waals surface area contributed by atoms with Crippen LogP contribution < -0.4 is 14.2 Å². The summed E-state index contributed by atoms with van der Waals surface area (Å²) in [7, 11) is 1.64. The third kappa shape index (κ3) is 4.27. The van der Waals surface area contributed by atoms with Gasteiger partial charge < -0.3 is 14.2 Å². The Hall–Kier alpha value is -2.94. The number of hydrogen-bond acceptors (Lipinski definition) is 3. The van der Waals surface area contributed by atoms with Gasteiger partial charge in [0.05, 0.1) is 7.11 Å². The van der Waals surface area contributed by atoms with Crippen molar-refractivity contribution >= 4 is 0 Å². The number of ether oxygens (including phenoxy) is 3. The summed E-state index contributed by atoms with van der Waals surface area (Å²) in [6.07, 6.45) is 0. The van der Waals surface area contributed by atoms with Gasteiger partial charge in [0.1, 0.15) is 29.6 Å². The largest absolute Gasteiger partial charge is 0.497 e. The van der Waals surface area contributed by atoms with Gasteiger partial charge >= 0.3 is 0 Å². The fraction of sp³-hybridized carbons (Fsp3) is 0.100. The third-order valence-corrected chi connectivity index (χ3v) is 3.37. The molecule has 3 heteroatoms. The quantitative estimate of drug-likeness (QED) is 0.636. The van der Waals surface area contributed by atoms with Crippen molar-refractivity contribution in [3.05, 3.63) is 84.4 Å². The molecule has 0 amide bonds. The SMILES string of the molecule is COc1ccc(Oc2ccc(OCc3ccccc3)cc2)cc1. The van der Waals surface area contributed by atoms with Gasteiger partial charge in [0.15, 0.2) is 0 Å². The molecule has 0 saturated heterocycles. The van der Waals surface area contributed by atoms with Gasteiger partial charge in [-0.15, -0.1) is 0 Å². The molecule has 0 spiro atoms. The number of methoxy groups -OCH3 is 1. The first kappa shape index (κ1) is 15.0. The Morgan fingerprint density at radius 3 is 1.70 bits per heavy atom. The van der Waals surface area contributed by atoms with Crippen LogP contribution in [0.1, 0.15) is 5.56 Å². The molecule has 116 valence electrons. The molecule has 0 aliphatic carbocycles. The van der Waals surface area contributed by atoms with Crippen molar-refractivity contribution in [3.8, 4) is 23.0 Å². The van der Waals surface area contributed by atoms with Crippen LogP contribution >= 0.6 is 0 Å². The summed E-state index contributed by atoms with van der Waals surface area (Å²) in [5, 5.41) is 0. The summed E-state index contributed by atoms with van der Waals surface area (Å²) in [6.45, 7) is 0.555. The van der Waals surface area contributed by atoms with E-state index >= 15 is 0 Å². The molecule has 3 rings (SSSR count). The van der Waals surface area contributed by atoms with Crippen molar-refractivity contribution in [2.24, 2.45) is 0 Å². The maximum absolute atomic E-state index is 5.78. The van der Waals surface area contributed by atoms with Crippen LogP contribution in [-0.4, -0.2) is 7.11 Å². The highest BCUT2D eigenvalue weighted by Crippen LogP contribution is 2.25. The van der Waals surface area contributed by atoms with E-state index in [1.807, 2.05) is 78.9 Å². The molecule has 0 bridgehead atoms. The summed E-state index contributed by atoms with van der Waals surface area (Å²) < 4.78 is 16.7. The van der Waals surface area contributed by atoms with E-state index in [4.69, 9.17) is 14.2 Å². The molecule has 0 fully saturated rings. The molecule has 0 radical (unpaired) electrons. The lowest BCUT2D eigenvalue weighted by Gasteiger charge is -2.09. The molecule has 0 unspecified atom stereocenters. The minimum atomic E-state index is 0.555. The molecule has 0 atom stereocenters. The van der Waals surface area contributed by atoms with Gasteiger partial charge in [-0.1, -0.05) is 30.3 Å². The molecule has 3 nitrogen and oxygen atoms in total. The number of benzene rings is 3. The van der Waals surface area contributed by atoms with Gasteiger partial charge in [-0.25, -0.2) is 0 Å². The van der Waals surface area contributed by atoms with E-state index in [1.165, 1.54) is 0 Å². The second-order valence-corrected chi connectivity index (χ2v) is 5.02. The summed E-state index contributed by atoms with van der Waals surface area (Å²) in [5.41, 5.74) is 1.14. The second-order valence-electron chi connectivity index (χ2n) is 5.02. The van der Waals surface area contributed by atoms with E-state index in [1.54, 1.807) is 7.11 Å². The fourth-order valence-electron chi connectivity index (χ4n) is 2.12. The van der Waals surface area contributed by atoms with Crippen LogP contribution in [0.25, 0.3) is 0 Å². The van der Waals surface area contributed by atoms with Gasteiger partial charge in [0, 0.05) is 0 Å². The number of hydrogen-bond donors (Lipinski definition) is 0. The monoisotopic (exact) mass is 306 g/mol. The first-order valence-electron chi connectivity index (χ1n) is 7.42. The van der Waals surface area contributed by atoms with Crippen molar-refractivity contribution in [1.29, 1.82) is 0 Å². The van der Waals surface area contributed by atoms with Crippen LogP contribution in [0.5, 0.6) is 23.0 Å². The molecular weight excluding hydrogens is 288 g/mol. The highest BCUT2D eigenvalue weighted by atomic mass is 16.5. The third-order valence-electron chi connectivity index (χ3n) is 3.37. The molecule has 3 aromatic rings. The molecular formula is C20H18O3. The topological polar surface area (TPSA) is 27.7 Å². The minimum Gasteiger partial charge on any atom is -0.497 e. The summed E-state index contributed by atoms with van der Waals surface area (Å²) in [4.78, 5) is 0. The molecule has 0 aliphatic heterocycles. The molecule has 0 N–H and O–H groups in total. The smallest absolute Gasteiger partial charge is 0.127 e. The first-order chi connectivity index (χ1) is 11.3. The summed E-state index contributed by atoms with van der Waals surface area (Å²) >= 11 is 0. The molecule has 3 aromatic carbocycles. The van der Waals surface area contributed by atoms with Crippen molar-refractivity contribution < 1.29 is 14.2 Å². The van der Waals surface area contributed by atoms with Crippen molar-refractivity contribution in [2.75, 3.05) is 7.11 Å². The van der Waals surface area contributed by atoms with Crippen molar-refractivity contribution in [1.82, 2.24) is 0 Å². The Labute approximate surface area is 136 Å². The van der Waals surface area contributed by atoms with E-state index in [-0.39, 0.29) is 0 Å². The molecule has 23 heavy (non-hydrogen) atoms. The van der Waals surface area contributed by atoms with E-state index in [9.17, 15) is 0 Å². The van der Waals surface area contributed by atoms with Crippen LogP contribution in [0.4, 0.5) is 0 Å². The van der Waals surface area contributed by atoms with E-state index in [0.29, 0.717) is 6.61 Å². The normalized spacial score (nSPS) is 10.1. The Kier molecular flexibility index (Phi) is 4.79. The van der Waals surface area contributed by atoms with Gasteiger partial charge in [-0.3, -0.25) is 0 Å². The second kappa shape index (κ2) is 7.36. The zero-order valence-electron chi connectivity index (χ0n) is 12.9. The average Bonchev–Trinajstić information content (AvgIpc) is 2.63. The van der Waals surface area contributed by atoms with Crippen LogP contribution in [0.3, 0.4) is 0 Å². The van der Waals surface area contributed by atoms with E-state index < -0.39 is 0 Å². The van der Waals surface area contributed by atoms with Gasteiger partial charge in [-0.05, 0) is 54.1 Å². The predicted octanol–water partition coefficient (Wildman–Crippen LogP) is 5.07. The Morgan fingerprint density at radius 1 is 0.609 bits per heavy atom. The number of rotatable bonds is 6. The highest BCUT2D eigenvalue weighted by Gasteiger charge is 2.00. The Morgan fingerprint density at radius 2 is 1.13 bits per heavy atom. The summed E-state index contributed by atoms with van der Waals surface area (Å²) in [5.74, 6) is 3.16. The van der Waals surface area contributed by atoms with Crippen molar-refractivity contribution in [3.63, 3.8) is 0 Å². The van der Waals surface area contributed by atoms with Gasteiger partial charge in [0.25, 0.3) is 0 Å². The Balaban J connectivity index is 1.58. The van der Waals surface area contributed by atoms with Crippen LogP contribution in [-0.2, 0) is 6.61 Å². The zero-order valence-corrected chi connectivity index (χ0v) is 12.9. The predicted molar refractivity (Wildman–Crippen MR) is 90.3 cm³/mol. The standard InChI is InChI=1S/C20H18O3/c1-21-17-7-11-19(12-8-17)23-20-13-9-18(10-14-20)22-15-16-5-3-2-4-6-16/h2-14H,15H2,1H3. The fourth-order valence-corrected chi connectivity index (χ4v) is 2.12. The maximum atomic E-state index is 5.78. The van der Waals surface area contributed by atoms with Crippen molar-refractivity contribution in [2.45, 2.75) is 6.61 Å². The van der Waals surface area contributed by atoms with Crippen LogP contribution in [0.2, 0.25) is 0 Å². The summed E-state index contributed by atoms with van der Waals surface area (Å²) in [6, 6.07) is 25.2. The average molecular weight is 306 g/mol. The highest BCUT2D eigenvalue weighted by molar-refractivity contribution is 5.37. The minimum absolute atomic E-state index is 0.555. The lowest BCUT2D eigenvalue weighted by molar-refractivity contribution is 0.306. The van der Waals surface area contributed by atoms with E-state index in [2.05, 4.69) is 0 Å². The maximum Gasteiger partial charge on any atom is 0.127 e. The first-order valence-corrected chi connectivity index (χ1v) is 7.42. The van der Waals surface area contributed by atoms with Gasteiger partial charge in [-0.2, -0.15) is 0 Å². The lowest BCUT2D eigenvalue weighted by Crippen LogP contribution is -1.94.